The summed E-state index contributed by atoms with van der Waals surface area (Å²) in [5.41, 5.74) is 3.23. The minimum Gasteiger partial charge on any atom is -0.268 e. The lowest BCUT2D eigenvalue weighted by atomic mass is 10.00. The van der Waals surface area contributed by atoms with Gasteiger partial charge in [-0.3, -0.25) is 39.4 Å². The maximum absolute atomic E-state index is 13.6. The van der Waals surface area contributed by atoms with E-state index in [-0.39, 0.29) is 65.1 Å². The van der Waals surface area contributed by atoms with Crippen LogP contribution in [0.4, 0.5) is 22.7 Å². The lowest BCUT2D eigenvalue weighted by Gasteiger charge is -2.18. The van der Waals surface area contributed by atoms with Gasteiger partial charge < -0.3 is 0 Å². The number of carbonyl (C=O) groups is 4. The number of anilines is 2. The minimum absolute atomic E-state index is 0.103. The second-order valence-electron chi connectivity index (χ2n) is 12.6. The quantitative estimate of drug-likeness (QED) is 0.0873. The SMILES string of the molecule is O=C1c2ccc(-c3ccc([N+](=O)[O-])cc3Cl)cc2C(=O)N1c1ccc(-c2ccc(N3C(=O)c4ccc(-c5ccc([N+](=O)[O-])cc5Cl)cc4C3=O)cc2Cl)c(Cl)c1. The largest absolute Gasteiger partial charge is 0.270 e. The minimum atomic E-state index is -0.611. The molecule has 56 heavy (non-hydrogen) atoms. The molecule has 4 amide bonds. The molecule has 12 nitrogen and oxygen atoms in total. The van der Waals surface area contributed by atoms with Gasteiger partial charge >= 0.3 is 0 Å². The van der Waals surface area contributed by atoms with E-state index in [9.17, 15) is 39.4 Å². The third kappa shape index (κ3) is 5.96. The van der Waals surface area contributed by atoms with Gasteiger partial charge in [0.1, 0.15) is 0 Å². The predicted octanol–water partition coefficient (Wildman–Crippen LogP) is 10.7. The van der Waals surface area contributed by atoms with Crippen molar-refractivity contribution in [1.29, 1.82) is 0 Å². The van der Waals surface area contributed by atoms with Crippen LogP contribution in [0, 0.1) is 20.2 Å². The van der Waals surface area contributed by atoms with Gasteiger partial charge in [-0.15, -0.1) is 0 Å². The summed E-state index contributed by atoms with van der Waals surface area (Å²) in [7, 11) is 0. The van der Waals surface area contributed by atoms with Crippen LogP contribution in [-0.2, 0) is 0 Å². The third-order valence-electron chi connectivity index (χ3n) is 9.43. The van der Waals surface area contributed by atoms with Crippen LogP contribution in [0.15, 0.2) is 109 Å². The van der Waals surface area contributed by atoms with Gasteiger partial charge in [0, 0.05) is 46.5 Å². The van der Waals surface area contributed by atoms with E-state index in [2.05, 4.69) is 0 Å². The molecule has 8 rings (SSSR count). The molecule has 0 N–H and O–H groups in total. The third-order valence-corrected chi connectivity index (χ3v) is 10.7. The first kappa shape index (κ1) is 36.5. The highest BCUT2D eigenvalue weighted by Gasteiger charge is 2.39. The zero-order valence-electron chi connectivity index (χ0n) is 28.0. The van der Waals surface area contributed by atoms with Crippen LogP contribution in [-0.4, -0.2) is 33.5 Å². The Kier molecular flexibility index (Phi) is 8.93. The zero-order valence-corrected chi connectivity index (χ0v) is 31.0. The number of hydrogen-bond donors (Lipinski definition) is 0. The molecule has 0 saturated carbocycles. The molecule has 0 bridgehead atoms. The maximum atomic E-state index is 13.6. The van der Waals surface area contributed by atoms with E-state index in [1.54, 1.807) is 24.3 Å². The van der Waals surface area contributed by atoms with Crippen molar-refractivity contribution in [3.63, 3.8) is 0 Å². The molecule has 6 aromatic carbocycles. The maximum Gasteiger partial charge on any atom is 0.270 e. The molecule has 0 spiro atoms. The van der Waals surface area contributed by atoms with Crippen LogP contribution in [0.25, 0.3) is 33.4 Å². The predicted molar refractivity (Wildman–Crippen MR) is 211 cm³/mol. The molecule has 274 valence electrons. The summed E-state index contributed by atoms with van der Waals surface area (Å²) in [5, 5.41) is 22.8. The molecule has 0 atom stereocenters. The number of fused-ring (bicyclic) bond motifs is 2. The van der Waals surface area contributed by atoms with Crippen LogP contribution in [0.1, 0.15) is 41.4 Å². The van der Waals surface area contributed by atoms with Gasteiger partial charge in [0.15, 0.2) is 0 Å². The molecule has 0 fully saturated rings. The summed E-state index contributed by atoms with van der Waals surface area (Å²) in [6, 6.07) is 26.2. The number of rotatable bonds is 7. The van der Waals surface area contributed by atoms with E-state index < -0.39 is 33.5 Å². The highest BCUT2D eigenvalue weighted by molar-refractivity contribution is 6.40. The van der Waals surface area contributed by atoms with Gasteiger partial charge in [-0.25, -0.2) is 9.80 Å². The lowest BCUT2D eigenvalue weighted by Crippen LogP contribution is -2.29. The highest BCUT2D eigenvalue weighted by Crippen LogP contribution is 2.42. The second kappa shape index (κ2) is 13.7. The Labute approximate surface area is 335 Å². The number of nitro groups is 2. The van der Waals surface area contributed by atoms with Gasteiger partial charge in [0.2, 0.25) is 0 Å². The first-order chi connectivity index (χ1) is 26.7. The molecule has 0 saturated heterocycles. The van der Waals surface area contributed by atoms with Crippen LogP contribution >= 0.6 is 46.4 Å². The topological polar surface area (TPSA) is 161 Å². The first-order valence-corrected chi connectivity index (χ1v) is 17.8. The Morgan fingerprint density at radius 1 is 0.375 bits per heavy atom. The van der Waals surface area contributed by atoms with Gasteiger partial charge in [-0.2, -0.15) is 0 Å². The fourth-order valence-corrected chi connectivity index (χ4v) is 7.83. The molecule has 0 unspecified atom stereocenters. The molecule has 2 aliphatic rings. The Morgan fingerprint density at radius 2 is 0.696 bits per heavy atom. The van der Waals surface area contributed by atoms with E-state index in [1.807, 2.05) is 0 Å². The average molecular weight is 824 g/mol. The van der Waals surface area contributed by atoms with Gasteiger partial charge in [-0.1, -0.05) is 70.7 Å². The number of carbonyl (C=O) groups excluding carboxylic acids is 4. The molecule has 16 heteroatoms. The first-order valence-electron chi connectivity index (χ1n) is 16.3. The van der Waals surface area contributed by atoms with Crippen molar-refractivity contribution in [1.82, 2.24) is 0 Å². The average Bonchev–Trinajstić information content (AvgIpc) is 3.57. The van der Waals surface area contributed by atoms with E-state index in [4.69, 9.17) is 46.4 Å². The molecule has 2 heterocycles. The van der Waals surface area contributed by atoms with Gasteiger partial charge in [-0.05, 0) is 71.8 Å². The summed E-state index contributed by atoms with van der Waals surface area (Å²) >= 11 is 26.1. The van der Waals surface area contributed by atoms with Crippen LogP contribution < -0.4 is 9.80 Å². The fourth-order valence-electron chi connectivity index (χ4n) is 6.71. The molecular formula is C40H18Cl4N4O8. The number of imide groups is 2. The fraction of sp³-hybridized carbons (Fsp3) is 0. The summed E-state index contributed by atoms with van der Waals surface area (Å²) in [6.45, 7) is 0. The van der Waals surface area contributed by atoms with Crippen molar-refractivity contribution in [2.45, 2.75) is 0 Å². The van der Waals surface area contributed by atoms with Crippen LogP contribution in [0.3, 0.4) is 0 Å². The van der Waals surface area contributed by atoms with Crippen LogP contribution in [0.5, 0.6) is 0 Å². The lowest BCUT2D eigenvalue weighted by molar-refractivity contribution is -0.385. The summed E-state index contributed by atoms with van der Waals surface area (Å²) < 4.78 is 0. The molecule has 0 aliphatic carbocycles. The smallest absolute Gasteiger partial charge is 0.268 e. The Bertz CT molecular complexity index is 2640. The number of amides is 4. The normalized spacial score (nSPS) is 13.4. The van der Waals surface area contributed by atoms with E-state index >= 15 is 0 Å². The number of benzene rings is 6. The van der Waals surface area contributed by atoms with Crippen molar-refractivity contribution in [3.8, 4) is 33.4 Å². The Hall–Kier alpha value is -6.44. The van der Waals surface area contributed by atoms with Crippen LogP contribution in [0.2, 0.25) is 20.1 Å². The number of hydrogen-bond acceptors (Lipinski definition) is 8. The van der Waals surface area contributed by atoms with E-state index in [0.29, 0.717) is 33.4 Å². The monoisotopic (exact) mass is 822 g/mol. The Morgan fingerprint density at radius 3 is 1.04 bits per heavy atom. The molecule has 6 aromatic rings. The standard InChI is InChI=1S/C40H18Cl4N4O8/c41-33-17-23(47(53)54)5-9-25(33)19-1-7-29-31(13-19)39(51)45(37(29)49)21-3-11-27(35(43)15-21)28-12-4-22(16-36(28)44)46-38(50)30-8-2-20(14-32(30)40(46)52)26-10-6-24(48(55)56)18-34(26)42/h1-18H. The molecule has 2 aliphatic heterocycles. The Balaban J connectivity index is 1.04. The summed E-state index contributed by atoms with van der Waals surface area (Å²) in [6.07, 6.45) is 0. The van der Waals surface area contributed by atoms with Crippen molar-refractivity contribution in [2.24, 2.45) is 0 Å². The summed E-state index contributed by atoms with van der Waals surface area (Å²) in [5.74, 6) is -2.39. The highest BCUT2D eigenvalue weighted by atomic mass is 35.5. The number of non-ortho nitro benzene ring substituents is 2. The number of halogens is 4. The van der Waals surface area contributed by atoms with Gasteiger partial charge in [0.05, 0.1) is 63.6 Å². The number of nitrogens with zero attached hydrogens (tertiary/aromatic N) is 4. The van der Waals surface area contributed by atoms with Crippen molar-refractivity contribution >= 4 is 92.8 Å². The molecule has 0 radical (unpaired) electrons. The van der Waals surface area contributed by atoms with E-state index in [1.165, 1.54) is 84.9 Å². The van der Waals surface area contributed by atoms with Crippen molar-refractivity contribution in [2.75, 3.05) is 9.80 Å². The van der Waals surface area contributed by atoms with Crippen molar-refractivity contribution in [3.05, 3.63) is 172 Å². The van der Waals surface area contributed by atoms with E-state index in [0.717, 1.165) is 9.80 Å². The molecule has 0 aromatic heterocycles. The number of nitro benzene ring substituents is 2. The molecular weight excluding hydrogens is 806 g/mol. The second-order valence-corrected chi connectivity index (χ2v) is 14.2. The summed E-state index contributed by atoms with van der Waals surface area (Å²) in [4.78, 5) is 77.2. The van der Waals surface area contributed by atoms with Gasteiger partial charge in [0.25, 0.3) is 35.0 Å². The van der Waals surface area contributed by atoms with Crippen molar-refractivity contribution < 1.29 is 29.0 Å². The zero-order chi connectivity index (χ0) is 39.7.